The van der Waals surface area contributed by atoms with E-state index in [0.29, 0.717) is 28.1 Å². The maximum atomic E-state index is 13.2. The van der Waals surface area contributed by atoms with Gasteiger partial charge in [0.1, 0.15) is 11.5 Å². The fraction of sp³-hybridized carbons (Fsp3) is 0.148. The number of hydrogen-bond acceptors (Lipinski definition) is 6. The van der Waals surface area contributed by atoms with Crippen molar-refractivity contribution in [1.82, 2.24) is 0 Å². The van der Waals surface area contributed by atoms with Crippen molar-refractivity contribution in [3.8, 4) is 5.75 Å². The third kappa shape index (κ3) is 4.15. The Hall–Kier alpha value is -4.39. The molecule has 1 saturated heterocycles. The zero-order valence-electron chi connectivity index (χ0n) is 18.7. The highest BCUT2D eigenvalue weighted by Gasteiger charge is 2.46. The highest BCUT2D eigenvalue weighted by atomic mass is 16.5. The summed E-state index contributed by atoms with van der Waals surface area (Å²) in [6, 6.07) is 21.0. The Kier molecular flexibility index (Phi) is 6.45. The van der Waals surface area contributed by atoms with Gasteiger partial charge in [-0.25, -0.2) is 4.79 Å². The fourth-order valence-electron chi connectivity index (χ4n) is 3.93. The molecule has 0 aromatic heterocycles. The maximum Gasteiger partial charge on any atom is 0.338 e. The van der Waals surface area contributed by atoms with Crippen LogP contribution in [0.5, 0.6) is 5.75 Å². The minimum atomic E-state index is -0.850. The monoisotopic (exact) mass is 457 g/mol. The molecule has 1 N–H and O–H groups in total. The summed E-state index contributed by atoms with van der Waals surface area (Å²) in [7, 11) is 1.53. The van der Waals surface area contributed by atoms with Gasteiger partial charge in [0.25, 0.3) is 11.7 Å². The molecule has 3 aromatic carbocycles. The van der Waals surface area contributed by atoms with Crippen molar-refractivity contribution in [3.05, 3.63) is 101 Å². The number of rotatable bonds is 6. The molecular weight excluding hydrogens is 434 g/mol. The van der Waals surface area contributed by atoms with Crippen molar-refractivity contribution >= 4 is 29.1 Å². The number of anilines is 1. The summed E-state index contributed by atoms with van der Waals surface area (Å²) >= 11 is 0. The molecule has 0 radical (unpaired) electrons. The average Bonchev–Trinajstić information content (AvgIpc) is 3.14. The zero-order valence-corrected chi connectivity index (χ0v) is 18.7. The topological polar surface area (TPSA) is 93.1 Å². The van der Waals surface area contributed by atoms with Gasteiger partial charge in [0.2, 0.25) is 0 Å². The number of carbonyl (C=O) groups is 3. The number of hydrogen-bond donors (Lipinski definition) is 1. The highest BCUT2D eigenvalue weighted by Crippen LogP contribution is 2.42. The van der Waals surface area contributed by atoms with E-state index in [-0.39, 0.29) is 17.9 Å². The number of nitrogens with zero attached hydrogens (tertiary/aromatic N) is 1. The summed E-state index contributed by atoms with van der Waals surface area (Å²) in [6.07, 6.45) is 0. The highest BCUT2D eigenvalue weighted by molar-refractivity contribution is 6.51. The lowest BCUT2D eigenvalue weighted by atomic mass is 9.95. The molecule has 0 spiro atoms. The third-order valence-corrected chi connectivity index (χ3v) is 5.58. The minimum Gasteiger partial charge on any atom is -0.507 e. The summed E-state index contributed by atoms with van der Waals surface area (Å²) in [5.74, 6) is -1.72. The van der Waals surface area contributed by atoms with Crippen LogP contribution in [-0.2, 0) is 14.3 Å². The van der Waals surface area contributed by atoms with Crippen LogP contribution in [-0.4, -0.2) is 36.5 Å². The second-order valence-corrected chi connectivity index (χ2v) is 7.58. The SMILES string of the molecule is CCOC(=O)c1ccc(N2C(=O)C(=O)C(=C(O)c3ccc(OC)cc3)[C@@H]2c2ccccc2)cc1. The minimum absolute atomic E-state index is 0.0177. The predicted molar refractivity (Wildman–Crippen MR) is 127 cm³/mol. The van der Waals surface area contributed by atoms with Crippen molar-refractivity contribution in [2.75, 3.05) is 18.6 Å². The number of carbonyl (C=O) groups excluding carboxylic acids is 3. The Morgan fingerprint density at radius 1 is 0.912 bits per heavy atom. The molecule has 7 heteroatoms. The van der Waals surface area contributed by atoms with E-state index in [1.54, 1.807) is 67.6 Å². The summed E-state index contributed by atoms with van der Waals surface area (Å²) in [6.45, 7) is 1.96. The molecule has 3 aromatic rings. The van der Waals surface area contributed by atoms with Gasteiger partial charge >= 0.3 is 5.97 Å². The lowest BCUT2D eigenvalue weighted by molar-refractivity contribution is -0.132. The Bertz CT molecular complexity index is 1250. The first kappa shape index (κ1) is 22.8. The van der Waals surface area contributed by atoms with E-state index in [9.17, 15) is 19.5 Å². The first-order valence-corrected chi connectivity index (χ1v) is 10.7. The van der Waals surface area contributed by atoms with Gasteiger partial charge in [-0.15, -0.1) is 0 Å². The Morgan fingerprint density at radius 3 is 2.12 bits per heavy atom. The molecule has 1 aliphatic heterocycles. The number of esters is 1. The Labute approximate surface area is 196 Å². The van der Waals surface area contributed by atoms with Crippen LogP contribution >= 0.6 is 0 Å². The number of ether oxygens (including phenoxy) is 2. The summed E-state index contributed by atoms with van der Waals surface area (Å²) in [5.41, 5.74) is 1.77. The molecule has 34 heavy (non-hydrogen) atoms. The molecule has 1 amide bonds. The van der Waals surface area contributed by atoms with Gasteiger partial charge in [-0.05, 0) is 61.0 Å². The van der Waals surface area contributed by atoms with Crippen molar-refractivity contribution in [3.63, 3.8) is 0 Å². The van der Waals surface area contributed by atoms with Crippen LogP contribution in [0.25, 0.3) is 5.76 Å². The molecule has 172 valence electrons. The van der Waals surface area contributed by atoms with Crippen molar-refractivity contribution in [2.24, 2.45) is 0 Å². The van der Waals surface area contributed by atoms with Gasteiger partial charge in [0.05, 0.1) is 30.9 Å². The number of ketones is 1. The van der Waals surface area contributed by atoms with Crippen LogP contribution in [0.2, 0.25) is 0 Å². The van der Waals surface area contributed by atoms with E-state index >= 15 is 0 Å². The van der Waals surface area contributed by atoms with Crippen LogP contribution in [0.3, 0.4) is 0 Å². The largest absolute Gasteiger partial charge is 0.507 e. The van der Waals surface area contributed by atoms with Gasteiger partial charge in [0.15, 0.2) is 0 Å². The smallest absolute Gasteiger partial charge is 0.338 e. The van der Waals surface area contributed by atoms with Gasteiger partial charge in [-0.1, -0.05) is 30.3 Å². The molecule has 0 saturated carbocycles. The van der Waals surface area contributed by atoms with E-state index in [4.69, 9.17) is 9.47 Å². The van der Waals surface area contributed by atoms with Crippen LogP contribution in [0.4, 0.5) is 5.69 Å². The number of aliphatic hydroxyl groups is 1. The van der Waals surface area contributed by atoms with Gasteiger partial charge < -0.3 is 14.6 Å². The molecule has 4 rings (SSSR count). The van der Waals surface area contributed by atoms with Gasteiger partial charge in [0, 0.05) is 11.3 Å². The molecule has 1 aliphatic rings. The quantitative estimate of drug-likeness (QED) is 0.254. The first-order valence-electron chi connectivity index (χ1n) is 10.7. The van der Waals surface area contributed by atoms with Crippen LogP contribution in [0, 0.1) is 0 Å². The number of amides is 1. The average molecular weight is 457 g/mol. The lowest BCUT2D eigenvalue weighted by Crippen LogP contribution is -2.29. The normalized spacial score (nSPS) is 17.0. The van der Waals surface area contributed by atoms with E-state index in [0.717, 1.165) is 0 Å². The molecule has 0 unspecified atom stereocenters. The molecule has 7 nitrogen and oxygen atoms in total. The molecular formula is C27H23NO6. The van der Waals surface area contributed by atoms with Gasteiger partial charge in [-0.2, -0.15) is 0 Å². The first-order chi connectivity index (χ1) is 16.5. The summed E-state index contributed by atoms with van der Waals surface area (Å²) < 4.78 is 10.2. The third-order valence-electron chi connectivity index (χ3n) is 5.58. The maximum absolute atomic E-state index is 13.2. The molecule has 1 atom stereocenters. The fourth-order valence-corrected chi connectivity index (χ4v) is 3.93. The summed E-state index contributed by atoms with van der Waals surface area (Å²) in [5, 5.41) is 11.1. The number of aliphatic hydroxyl groups excluding tert-OH is 1. The molecule has 0 aliphatic carbocycles. The van der Waals surface area contributed by atoms with Crippen molar-refractivity contribution in [1.29, 1.82) is 0 Å². The zero-order chi connectivity index (χ0) is 24.2. The second-order valence-electron chi connectivity index (χ2n) is 7.58. The van der Waals surface area contributed by atoms with E-state index in [2.05, 4.69) is 0 Å². The molecule has 1 heterocycles. The van der Waals surface area contributed by atoms with Gasteiger partial charge in [-0.3, -0.25) is 14.5 Å². The van der Waals surface area contributed by atoms with E-state index in [1.807, 2.05) is 6.07 Å². The molecule has 1 fully saturated rings. The van der Waals surface area contributed by atoms with Crippen LogP contribution < -0.4 is 9.64 Å². The van der Waals surface area contributed by atoms with Crippen LogP contribution in [0.15, 0.2) is 84.4 Å². The second kappa shape index (κ2) is 9.62. The molecule has 0 bridgehead atoms. The summed E-state index contributed by atoms with van der Waals surface area (Å²) in [4.78, 5) is 39.7. The number of methoxy groups -OCH3 is 1. The number of Topliss-reactive ketones (excluding diaryl/α,β-unsaturated/α-hetero) is 1. The Balaban J connectivity index is 1.83. The van der Waals surface area contributed by atoms with Crippen molar-refractivity contribution in [2.45, 2.75) is 13.0 Å². The lowest BCUT2D eigenvalue weighted by Gasteiger charge is -2.25. The Morgan fingerprint density at radius 2 is 1.53 bits per heavy atom. The van der Waals surface area contributed by atoms with E-state index < -0.39 is 23.7 Å². The van der Waals surface area contributed by atoms with Crippen LogP contribution in [0.1, 0.15) is 34.5 Å². The van der Waals surface area contributed by atoms with Crippen molar-refractivity contribution < 1.29 is 29.0 Å². The standard InChI is InChI=1S/C27H23NO6/c1-3-34-27(32)19-9-13-20(14-10-19)28-23(17-7-5-4-6-8-17)22(25(30)26(28)31)24(29)18-11-15-21(33-2)16-12-18/h4-16,23,29H,3H2,1-2H3/t23-/m0/s1. The number of benzene rings is 3. The van der Waals surface area contributed by atoms with E-state index in [1.165, 1.54) is 24.1 Å². The predicted octanol–water partition coefficient (Wildman–Crippen LogP) is 4.50.